The van der Waals surface area contributed by atoms with Crippen LogP contribution < -0.4 is 4.73 Å². The molecule has 2 nitrogen and oxygen atoms in total. The predicted octanol–water partition coefficient (Wildman–Crippen LogP) is 2.21. The molecule has 0 radical (unpaired) electrons. The van der Waals surface area contributed by atoms with Crippen molar-refractivity contribution in [2.24, 2.45) is 0 Å². The van der Waals surface area contributed by atoms with E-state index in [-0.39, 0.29) is 0 Å². The van der Waals surface area contributed by atoms with E-state index in [0.717, 1.165) is 33.4 Å². The Morgan fingerprint density at radius 2 is 1.67 bits per heavy atom. The lowest BCUT2D eigenvalue weighted by molar-refractivity contribution is -0.622. The van der Waals surface area contributed by atoms with Crippen LogP contribution in [0.1, 0.15) is 25.2 Å². The largest absolute Gasteiger partial charge is 0.618 e. The van der Waals surface area contributed by atoms with Crippen LogP contribution in [-0.4, -0.2) is 0 Å². The van der Waals surface area contributed by atoms with E-state index >= 15 is 0 Å². The van der Waals surface area contributed by atoms with Crippen molar-refractivity contribution in [2.45, 2.75) is 26.7 Å². The lowest BCUT2D eigenvalue weighted by atomic mass is 10.2. The number of hydrogen-bond donors (Lipinski definition) is 0. The molecule has 12 heavy (non-hydrogen) atoms. The summed E-state index contributed by atoms with van der Waals surface area (Å²) in [4.78, 5) is 0. The smallest absolute Gasteiger partial charge is 0.193 e. The van der Waals surface area contributed by atoms with Crippen LogP contribution in [0.5, 0.6) is 0 Å². The van der Waals surface area contributed by atoms with Crippen molar-refractivity contribution >= 4 is 15.9 Å². The van der Waals surface area contributed by atoms with Gasteiger partial charge in [0.2, 0.25) is 0 Å². The van der Waals surface area contributed by atoms with E-state index in [0.29, 0.717) is 0 Å². The lowest BCUT2D eigenvalue weighted by Crippen LogP contribution is -2.36. The van der Waals surface area contributed by atoms with E-state index in [9.17, 15) is 5.21 Å². The molecule has 0 aliphatic heterocycles. The van der Waals surface area contributed by atoms with Crippen molar-refractivity contribution < 1.29 is 4.73 Å². The van der Waals surface area contributed by atoms with Crippen molar-refractivity contribution in [3.8, 4) is 0 Å². The molecule has 0 spiro atoms. The topological polar surface area (TPSA) is 26.9 Å². The van der Waals surface area contributed by atoms with Crippen LogP contribution in [-0.2, 0) is 12.8 Å². The second-order valence-electron chi connectivity index (χ2n) is 2.66. The van der Waals surface area contributed by atoms with Gasteiger partial charge >= 0.3 is 0 Å². The lowest BCUT2D eigenvalue weighted by Gasteiger charge is -2.07. The molecule has 0 atom stereocenters. The summed E-state index contributed by atoms with van der Waals surface area (Å²) >= 11 is 3.38. The highest BCUT2D eigenvalue weighted by Crippen LogP contribution is 2.11. The molecule has 0 N–H and O–H groups in total. The van der Waals surface area contributed by atoms with Crippen LogP contribution in [0.3, 0.4) is 0 Å². The van der Waals surface area contributed by atoms with Crippen molar-refractivity contribution in [2.75, 3.05) is 0 Å². The van der Waals surface area contributed by atoms with E-state index in [4.69, 9.17) is 0 Å². The summed E-state index contributed by atoms with van der Waals surface area (Å²) in [6.45, 7) is 3.96. The first kappa shape index (κ1) is 9.52. The zero-order valence-electron chi connectivity index (χ0n) is 7.30. The zero-order chi connectivity index (χ0) is 9.14. The Morgan fingerprint density at radius 3 is 2.00 bits per heavy atom. The van der Waals surface area contributed by atoms with Gasteiger partial charge in [-0.3, -0.25) is 0 Å². The maximum atomic E-state index is 11.5. The number of aromatic nitrogens is 1. The average molecular weight is 230 g/mol. The Balaban J connectivity index is 3.22. The highest BCUT2D eigenvalue weighted by molar-refractivity contribution is 9.10. The molecule has 0 aromatic carbocycles. The molecule has 0 saturated carbocycles. The van der Waals surface area contributed by atoms with Crippen molar-refractivity contribution in [3.63, 3.8) is 0 Å². The Bertz CT molecular complexity index is 261. The van der Waals surface area contributed by atoms with Gasteiger partial charge in [0.1, 0.15) is 0 Å². The molecule has 0 amide bonds. The predicted molar refractivity (Wildman–Crippen MR) is 51.9 cm³/mol. The summed E-state index contributed by atoms with van der Waals surface area (Å²) in [5.41, 5.74) is 1.64. The molecular weight excluding hydrogens is 218 g/mol. The normalized spacial score (nSPS) is 10.2. The first-order chi connectivity index (χ1) is 5.69. The molecule has 1 rings (SSSR count). The van der Waals surface area contributed by atoms with Gasteiger partial charge in [0, 0.05) is 29.4 Å². The molecule has 1 aromatic rings. The van der Waals surface area contributed by atoms with Gasteiger partial charge < -0.3 is 5.21 Å². The Morgan fingerprint density at radius 1 is 1.25 bits per heavy atom. The molecule has 0 aliphatic rings. The Hall–Kier alpha value is -0.570. The van der Waals surface area contributed by atoms with Gasteiger partial charge in [0.25, 0.3) is 0 Å². The van der Waals surface area contributed by atoms with E-state index in [2.05, 4.69) is 15.9 Å². The second-order valence-corrected chi connectivity index (χ2v) is 3.57. The average Bonchev–Trinajstić information content (AvgIpc) is 2.08. The second kappa shape index (κ2) is 3.90. The molecule has 0 bridgehead atoms. The minimum atomic E-state index is 0.774. The molecule has 66 valence electrons. The van der Waals surface area contributed by atoms with Crippen molar-refractivity contribution in [1.82, 2.24) is 0 Å². The molecular formula is C9H12BrNO. The SMILES string of the molecule is CCc1cc(Br)cc(CC)[n+]1[O-]. The van der Waals surface area contributed by atoms with Crippen LogP contribution in [0.4, 0.5) is 0 Å². The number of nitrogens with zero attached hydrogens (tertiary/aromatic N) is 1. The quantitative estimate of drug-likeness (QED) is 0.565. The fourth-order valence-corrected chi connectivity index (χ4v) is 1.68. The monoisotopic (exact) mass is 229 g/mol. The van der Waals surface area contributed by atoms with Crippen LogP contribution in [0.25, 0.3) is 0 Å². The highest BCUT2D eigenvalue weighted by Gasteiger charge is 2.09. The maximum Gasteiger partial charge on any atom is 0.193 e. The standard InChI is InChI=1S/C9H12BrNO/c1-3-8-5-7(10)6-9(4-2)11(8)12/h5-6H,3-4H2,1-2H3. The highest BCUT2D eigenvalue weighted by atomic mass is 79.9. The first-order valence-corrected chi connectivity index (χ1v) is 4.89. The van der Waals surface area contributed by atoms with Crippen LogP contribution in [0.2, 0.25) is 0 Å². The fourth-order valence-electron chi connectivity index (χ4n) is 1.15. The summed E-state index contributed by atoms with van der Waals surface area (Å²) < 4.78 is 2.01. The summed E-state index contributed by atoms with van der Waals surface area (Å²) in [6.07, 6.45) is 1.55. The maximum absolute atomic E-state index is 11.5. The molecule has 1 heterocycles. The number of pyridine rings is 1. The summed E-state index contributed by atoms with van der Waals surface area (Å²) in [7, 11) is 0. The van der Waals surface area contributed by atoms with Gasteiger partial charge in [-0.15, -0.1) is 0 Å². The van der Waals surface area contributed by atoms with E-state index in [1.165, 1.54) is 0 Å². The molecule has 3 heteroatoms. The van der Waals surface area contributed by atoms with E-state index < -0.39 is 0 Å². The number of rotatable bonds is 2. The molecule has 0 fully saturated rings. The fraction of sp³-hybridized carbons (Fsp3) is 0.444. The number of hydrogen-bond acceptors (Lipinski definition) is 1. The first-order valence-electron chi connectivity index (χ1n) is 4.09. The van der Waals surface area contributed by atoms with Gasteiger partial charge in [-0.05, 0) is 0 Å². The minimum absolute atomic E-state index is 0.774. The summed E-state index contributed by atoms with van der Waals surface area (Å²) in [5.74, 6) is 0. The molecule has 0 aliphatic carbocycles. The number of halogens is 1. The van der Waals surface area contributed by atoms with E-state index in [1.807, 2.05) is 26.0 Å². The van der Waals surface area contributed by atoms with Gasteiger partial charge in [-0.1, -0.05) is 29.8 Å². The van der Waals surface area contributed by atoms with Crippen LogP contribution in [0, 0.1) is 5.21 Å². The molecule has 0 unspecified atom stereocenters. The van der Waals surface area contributed by atoms with Gasteiger partial charge in [0.05, 0.1) is 0 Å². The Kier molecular flexibility index (Phi) is 3.09. The van der Waals surface area contributed by atoms with Crippen molar-refractivity contribution in [1.29, 1.82) is 0 Å². The van der Waals surface area contributed by atoms with Gasteiger partial charge in [-0.2, -0.15) is 4.73 Å². The summed E-state index contributed by atoms with van der Waals surface area (Å²) in [6, 6.07) is 3.73. The third-order valence-corrected chi connectivity index (χ3v) is 2.31. The van der Waals surface area contributed by atoms with Crippen LogP contribution >= 0.6 is 15.9 Å². The molecule has 0 saturated heterocycles. The summed E-state index contributed by atoms with van der Waals surface area (Å²) in [5, 5.41) is 11.5. The third kappa shape index (κ3) is 1.78. The molecule has 1 aromatic heterocycles. The van der Waals surface area contributed by atoms with Crippen LogP contribution in [0.15, 0.2) is 16.6 Å². The number of aryl methyl sites for hydroxylation is 2. The zero-order valence-corrected chi connectivity index (χ0v) is 8.89. The van der Waals surface area contributed by atoms with E-state index in [1.54, 1.807) is 0 Å². The van der Waals surface area contributed by atoms with Gasteiger partial charge in [0.15, 0.2) is 11.4 Å². The minimum Gasteiger partial charge on any atom is -0.618 e. The van der Waals surface area contributed by atoms with Crippen molar-refractivity contribution in [3.05, 3.63) is 33.2 Å². The third-order valence-electron chi connectivity index (χ3n) is 1.86. The Labute approximate surface area is 80.9 Å². The van der Waals surface area contributed by atoms with Gasteiger partial charge in [-0.25, -0.2) is 0 Å².